The lowest BCUT2D eigenvalue weighted by Gasteiger charge is -2.21. The van der Waals surface area contributed by atoms with Gasteiger partial charge < -0.3 is 20.1 Å². The van der Waals surface area contributed by atoms with Gasteiger partial charge in [0.15, 0.2) is 7.12 Å². The van der Waals surface area contributed by atoms with Crippen molar-refractivity contribution in [1.29, 1.82) is 0 Å². The Balaban J connectivity index is 1.79. The maximum atomic E-state index is 12.6. The van der Waals surface area contributed by atoms with Gasteiger partial charge in [0.1, 0.15) is 0 Å². The number of anilines is 2. The molecule has 2 aliphatic rings. The molecule has 0 aliphatic carbocycles. The van der Waals surface area contributed by atoms with Crippen LogP contribution in [0.15, 0.2) is 18.2 Å². The van der Waals surface area contributed by atoms with E-state index in [9.17, 15) is 8.78 Å². The van der Waals surface area contributed by atoms with Gasteiger partial charge in [0.2, 0.25) is 0 Å². The summed E-state index contributed by atoms with van der Waals surface area (Å²) < 4.78 is 41.5. The molecule has 104 valence electrons. The lowest BCUT2D eigenvalue weighted by atomic mass is 10.0. The Morgan fingerprint density at radius 3 is 2.68 bits per heavy atom. The SMILES string of the molecule is [2H]C(F)(F)Oc1cc(N2C[C@H]3COC[C@H]3C2)ccc1N. The van der Waals surface area contributed by atoms with Gasteiger partial charge in [0, 0.05) is 36.7 Å². The number of benzene rings is 1. The number of alkyl halides is 2. The van der Waals surface area contributed by atoms with E-state index in [2.05, 4.69) is 9.64 Å². The fourth-order valence-corrected chi connectivity index (χ4v) is 2.79. The third-order valence-electron chi connectivity index (χ3n) is 3.79. The molecule has 0 spiro atoms. The molecular formula is C13H16F2N2O2. The van der Waals surface area contributed by atoms with Crippen molar-refractivity contribution in [2.24, 2.45) is 11.8 Å². The molecular weight excluding hydrogens is 254 g/mol. The monoisotopic (exact) mass is 271 g/mol. The van der Waals surface area contributed by atoms with E-state index in [0.29, 0.717) is 11.8 Å². The molecule has 0 radical (unpaired) electrons. The molecule has 3 rings (SSSR count). The number of nitrogen functional groups attached to an aromatic ring is 1. The van der Waals surface area contributed by atoms with Gasteiger partial charge in [-0.05, 0) is 12.1 Å². The standard InChI is InChI=1S/C13H16F2N2O2/c14-13(15)19-12-3-10(1-2-11(12)16)17-4-8-6-18-7-9(8)5-17/h1-3,8-9,13H,4-7,16H2/t8-,9+/i13D. The van der Waals surface area contributed by atoms with Crippen LogP contribution in [-0.2, 0) is 4.74 Å². The highest BCUT2D eigenvalue weighted by atomic mass is 19.3. The van der Waals surface area contributed by atoms with Gasteiger partial charge in [-0.15, -0.1) is 0 Å². The van der Waals surface area contributed by atoms with Crippen LogP contribution in [0.1, 0.15) is 1.37 Å². The van der Waals surface area contributed by atoms with Gasteiger partial charge in [-0.3, -0.25) is 0 Å². The average Bonchev–Trinajstić information content (AvgIpc) is 2.90. The Bertz CT molecular complexity index is 498. The molecule has 0 aromatic heterocycles. The highest BCUT2D eigenvalue weighted by Gasteiger charge is 2.37. The van der Waals surface area contributed by atoms with Gasteiger partial charge in [-0.1, -0.05) is 0 Å². The number of ether oxygens (including phenoxy) is 2. The number of nitrogens with zero attached hydrogens (tertiary/aromatic N) is 1. The van der Waals surface area contributed by atoms with Crippen LogP contribution in [0, 0.1) is 11.8 Å². The lowest BCUT2D eigenvalue weighted by molar-refractivity contribution is -0.0493. The minimum atomic E-state index is -3.98. The first-order valence-electron chi connectivity index (χ1n) is 6.71. The first kappa shape index (κ1) is 11.3. The van der Waals surface area contributed by atoms with E-state index in [-0.39, 0.29) is 11.4 Å². The van der Waals surface area contributed by atoms with Crippen LogP contribution in [0.4, 0.5) is 20.2 Å². The van der Waals surface area contributed by atoms with Crippen molar-refractivity contribution in [1.82, 2.24) is 0 Å². The summed E-state index contributed by atoms with van der Waals surface area (Å²) in [6.07, 6.45) is 0. The molecule has 0 unspecified atom stereocenters. The third kappa shape index (κ3) is 2.45. The van der Waals surface area contributed by atoms with Crippen molar-refractivity contribution in [3.63, 3.8) is 0 Å². The van der Waals surface area contributed by atoms with E-state index in [4.69, 9.17) is 11.8 Å². The van der Waals surface area contributed by atoms with Crippen molar-refractivity contribution in [3.05, 3.63) is 18.2 Å². The van der Waals surface area contributed by atoms with Gasteiger partial charge in [-0.25, -0.2) is 0 Å². The van der Waals surface area contributed by atoms with Crippen molar-refractivity contribution in [2.75, 3.05) is 36.9 Å². The molecule has 0 amide bonds. The second kappa shape index (κ2) is 4.85. The third-order valence-corrected chi connectivity index (χ3v) is 3.79. The zero-order chi connectivity index (χ0) is 14.3. The summed E-state index contributed by atoms with van der Waals surface area (Å²) >= 11 is 0. The van der Waals surface area contributed by atoms with E-state index >= 15 is 0 Å². The first-order chi connectivity index (χ1) is 9.42. The highest BCUT2D eigenvalue weighted by Crippen LogP contribution is 2.35. The summed E-state index contributed by atoms with van der Waals surface area (Å²) in [4.78, 5) is 2.12. The van der Waals surface area contributed by atoms with Crippen LogP contribution < -0.4 is 15.4 Å². The fourth-order valence-electron chi connectivity index (χ4n) is 2.79. The average molecular weight is 271 g/mol. The van der Waals surface area contributed by atoms with E-state index < -0.39 is 6.59 Å². The van der Waals surface area contributed by atoms with Crippen LogP contribution in [0.3, 0.4) is 0 Å². The van der Waals surface area contributed by atoms with Crippen molar-refractivity contribution >= 4 is 11.4 Å². The Morgan fingerprint density at radius 2 is 2.05 bits per heavy atom. The maximum absolute atomic E-state index is 12.6. The number of nitrogens with two attached hydrogens (primary N) is 1. The predicted molar refractivity (Wildman–Crippen MR) is 67.5 cm³/mol. The van der Waals surface area contributed by atoms with Crippen LogP contribution in [-0.4, -0.2) is 32.9 Å². The van der Waals surface area contributed by atoms with E-state index in [0.717, 1.165) is 32.0 Å². The topological polar surface area (TPSA) is 47.7 Å². The molecule has 0 bridgehead atoms. The predicted octanol–water partition coefficient (Wildman–Crippen LogP) is 1.95. The largest absolute Gasteiger partial charge is 0.433 e. The summed E-state index contributed by atoms with van der Waals surface area (Å²) in [5.41, 5.74) is 6.49. The van der Waals surface area contributed by atoms with Crippen LogP contribution in [0.25, 0.3) is 0 Å². The lowest BCUT2D eigenvalue weighted by Crippen LogP contribution is -2.22. The molecule has 2 N–H and O–H groups in total. The number of hydrogen-bond acceptors (Lipinski definition) is 4. The zero-order valence-electron chi connectivity index (χ0n) is 11.3. The first-order valence-corrected chi connectivity index (χ1v) is 6.21. The van der Waals surface area contributed by atoms with Crippen LogP contribution in [0.5, 0.6) is 5.75 Å². The molecule has 6 heteroatoms. The smallest absolute Gasteiger partial charge is 0.387 e. The Hall–Kier alpha value is -1.56. The second-order valence-electron chi connectivity index (χ2n) is 5.01. The van der Waals surface area contributed by atoms with Crippen LogP contribution >= 0.6 is 0 Å². The fraction of sp³-hybridized carbons (Fsp3) is 0.538. The molecule has 2 saturated heterocycles. The molecule has 4 nitrogen and oxygen atoms in total. The van der Waals surface area contributed by atoms with Crippen molar-refractivity contribution in [2.45, 2.75) is 6.59 Å². The van der Waals surface area contributed by atoms with Crippen LogP contribution in [0.2, 0.25) is 0 Å². The van der Waals surface area contributed by atoms with E-state index in [1.165, 1.54) is 12.1 Å². The minimum absolute atomic E-state index is 0.100. The second-order valence-corrected chi connectivity index (χ2v) is 5.01. The number of hydrogen-bond donors (Lipinski definition) is 1. The molecule has 2 aliphatic heterocycles. The molecule has 19 heavy (non-hydrogen) atoms. The number of halogens is 2. The Kier molecular flexibility index (Phi) is 2.88. The summed E-state index contributed by atoms with van der Waals surface area (Å²) in [6, 6.07) is 4.78. The van der Waals surface area contributed by atoms with Gasteiger partial charge in [-0.2, -0.15) is 8.78 Å². The van der Waals surface area contributed by atoms with Crippen molar-refractivity contribution in [3.8, 4) is 5.75 Å². The highest BCUT2D eigenvalue weighted by molar-refractivity contribution is 5.62. The summed E-state index contributed by atoms with van der Waals surface area (Å²) in [7, 11) is 0. The molecule has 0 saturated carbocycles. The Morgan fingerprint density at radius 1 is 1.37 bits per heavy atom. The molecule has 2 atom stereocenters. The maximum Gasteiger partial charge on any atom is 0.387 e. The molecule has 1 aromatic carbocycles. The van der Waals surface area contributed by atoms with Crippen molar-refractivity contribution < 1.29 is 19.6 Å². The zero-order valence-corrected chi connectivity index (χ0v) is 10.3. The Labute approximate surface area is 111 Å². The number of fused-ring (bicyclic) bond motifs is 1. The molecule has 1 aromatic rings. The number of rotatable bonds is 3. The van der Waals surface area contributed by atoms with E-state index in [1.54, 1.807) is 6.07 Å². The molecule has 2 heterocycles. The summed E-state index contributed by atoms with van der Waals surface area (Å²) in [6.45, 7) is -0.798. The minimum Gasteiger partial charge on any atom is -0.433 e. The van der Waals surface area contributed by atoms with Gasteiger partial charge in [0.05, 0.1) is 18.9 Å². The quantitative estimate of drug-likeness (QED) is 0.854. The van der Waals surface area contributed by atoms with E-state index in [1.807, 2.05) is 0 Å². The normalized spacial score (nSPS) is 27.3. The van der Waals surface area contributed by atoms with Gasteiger partial charge >= 0.3 is 6.59 Å². The van der Waals surface area contributed by atoms with Gasteiger partial charge in [0.25, 0.3) is 0 Å². The molecule has 2 fully saturated rings. The summed E-state index contributed by atoms with van der Waals surface area (Å²) in [5, 5.41) is 0. The summed E-state index contributed by atoms with van der Waals surface area (Å²) in [5.74, 6) is 0.833.